The molecule has 0 unspecified atom stereocenters. The second-order valence-corrected chi connectivity index (χ2v) is 6.63. The molecule has 0 aromatic heterocycles. The molecular weight excluding hydrogens is 387 g/mol. The third kappa shape index (κ3) is 4.09. The Morgan fingerprint density at radius 1 is 1.00 bits per heavy atom. The number of benzene rings is 2. The van der Waals surface area contributed by atoms with Crippen LogP contribution in [0.25, 0.3) is 0 Å². The minimum Gasteiger partial charge on any atom is -0.292 e. The van der Waals surface area contributed by atoms with Gasteiger partial charge < -0.3 is 0 Å². The van der Waals surface area contributed by atoms with E-state index in [4.69, 9.17) is 11.6 Å². The molecule has 1 aliphatic heterocycles. The van der Waals surface area contributed by atoms with Gasteiger partial charge in [-0.15, -0.1) is 0 Å². The second kappa shape index (κ2) is 8.31. The van der Waals surface area contributed by atoms with Crippen molar-refractivity contribution in [2.24, 2.45) is 0 Å². The maximum absolute atomic E-state index is 13.1. The highest BCUT2D eigenvalue weighted by atomic mass is 35.5. The number of rotatable bonds is 5. The summed E-state index contributed by atoms with van der Waals surface area (Å²) < 4.78 is 13.1. The molecular formula is C20H16ClFN2O4. The summed E-state index contributed by atoms with van der Waals surface area (Å²) in [6.45, 7) is -0.562. The number of hydrazine groups is 1. The summed E-state index contributed by atoms with van der Waals surface area (Å²) in [7, 11) is 0. The summed E-state index contributed by atoms with van der Waals surface area (Å²) in [6.07, 6.45) is 0.555. The van der Waals surface area contributed by atoms with E-state index in [0.717, 1.165) is 22.2 Å². The molecule has 3 rings (SSSR count). The van der Waals surface area contributed by atoms with E-state index in [-0.39, 0.29) is 29.0 Å². The average molecular weight is 403 g/mol. The van der Waals surface area contributed by atoms with Crippen molar-refractivity contribution in [3.05, 3.63) is 70.5 Å². The number of amides is 3. The van der Waals surface area contributed by atoms with Crippen LogP contribution in [0.2, 0.25) is 5.02 Å². The van der Waals surface area contributed by atoms with Crippen LogP contribution >= 0.6 is 11.6 Å². The van der Waals surface area contributed by atoms with E-state index in [1.807, 2.05) is 0 Å². The molecule has 6 nitrogen and oxygen atoms in total. The Labute approximate surface area is 165 Å². The van der Waals surface area contributed by atoms with Gasteiger partial charge in [0.25, 0.3) is 5.91 Å². The Morgan fingerprint density at radius 2 is 1.61 bits per heavy atom. The molecule has 3 amide bonds. The van der Waals surface area contributed by atoms with Crippen molar-refractivity contribution in [2.45, 2.75) is 19.3 Å². The van der Waals surface area contributed by atoms with Crippen molar-refractivity contribution in [3.63, 3.8) is 0 Å². The second-order valence-electron chi connectivity index (χ2n) is 6.23. The quantitative estimate of drug-likeness (QED) is 0.568. The summed E-state index contributed by atoms with van der Waals surface area (Å²) in [5.74, 6) is -2.94. The van der Waals surface area contributed by atoms with Crippen LogP contribution in [0.4, 0.5) is 4.39 Å². The van der Waals surface area contributed by atoms with Gasteiger partial charge in [0.1, 0.15) is 12.4 Å². The number of hydrogen-bond acceptors (Lipinski definition) is 4. The molecule has 0 spiro atoms. The SMILES string of the molecule is O=C(CN(C(=O)c1ccccc1Cl)N1C(=O)CCCC1=O)c1ccc(F)cc1. The molecule has 0 radical (unpaired) electrons. The van der Waals surface area contributed by atoms with E-state index in [0.29, 0.717) is 6.42 Å². The van der Waals surface area contributed by atoms with Gasteiger partial charge in [0.2, 0.25) is 11.8 Å². The summed E-state index contributed by atoms with van der Waals surface area (Å²) in [5, 5.41) is 1.66. The number of halogens is 2. The molecule has 0 atom stereocenters. The van der Waals surface area contributed by atoms with Crippen molar-refractivity contribution in [1.82, 2.24) is 10.0 Å². The molecule has 1 fully saturated rings. The van der Waals surface area contributed by atoms with E-state index in [2.05, 4.69) is 0 Å². The lowest BCUT2D eigenvalue weighted by Gasteiger charge is -2.35. The minimum atomic E-state index is -0.746. The lowest BCUT2D eigenvalue weighted by atomic mass is 10.1. The first-order valence-electron chi connectivity index (χ1n) is 8.59. The third-order valence-electron chi connectivity index (χ3n) is 4.29. The number of carbonyl (C=O) groups excluding carboxylic acids is 4. The van der Waals surface area contributed by atoms with Crippen LogP contribution in [0.1, 0.15) is 40.0 Å². The summed E-state index contributed by atoms with van der Waals surface area (Å²) >= 11 is 6.08. The molecule has 28 heavy (non-hydrogen) atoms. The highest BCUT2D eigenvalue weighted by Gasteiger charge is 2.36. The Hall–Kier alpha value is -3.06. The van der Waals surface area contributed by atoms with E-state index >= 15 is 0 Å². The van der Waals surface area contributed by atoms with Gasteiger partial charge >= 0.3 is 0 Å². The molecule has 0 aliphatic carbocycles. The number of Topliss-reactive ketones (excluding diaryl/α,β-unsaturated/α-hetero) is 1. The number of nitrogens with zero attached hydrogens (tertiary/aromatic N) is 2. The first kappa shape index (κ1) is 19.7. The number of carbonyl (C=O) groups is 4. The van der Waals surface area contributed by atoms with Crippen LogP contribution in [-0.4, -0.2) is 40.1 Å². The van der Waals surface area contributed by atoms with Crippen molar-refractivity contribution in [1.29, 1.82) is 0 Å². The van der Waals surface area contributed by atoms with Crippen LogP contribution < -0.4 is 0 Å². The van der Waals surface area contributed by atoms with E-state index in [9.17, 15) is 23.6 Å². The standard InChI is InChI=1S/C20H16ClFN2O4/c21-16-5-2-1-4-15(16)20(28)23(24-18(26)6-3-7-19(24)27)12-17(25)13-8-10-14(22)11-9-13/h1-2,4-5,8-11H,3,6-7,12H2. The molecule has 1 saturated heterocycles. The van der Waals surface area contributed by atoms with Gasteiger partial charge in [-0.1, -0.05) is 23.7 Å². The highest BCUT2D eigenvalue weighted by molar-refractivity contribution is 6.34. The molecule has 1 aliphatic rings. The number of piperidine rings is 1. The van der Waals surface area contributed by atoms with E-state index in [1.54, 1.807) is 12.1 Å². The van der Waals surface area contributed by atoms with Crippen molar-refractivity contribution in [2.75, 3.05) is 6.54 Å². The first-order chi connectivity index (χ1) is 13.4. The van der Waals surface area contributed by atoms with Gasteiger partial charge in [0, 0.05) is 18.4 Å². The first-order valence-corrected chi connectivity index (χ1v) is 8.97. The zero-order valence-corrected chi connectivity index (χ0v) is 15.5. The molecule has 1 heterocycles. The topological polar surface area (TPSA) is 74.8 Å². The molecule has 2 aromatic carbocycles. The van der Waals surface area contributed by atoms with Gasteiger partial charge in [0.15, 0.2) is 5.78 Å². The van der Waals surface area contributed by atoms with Crippen LogP contribution in [0.3, 0.4) is 0 Å². The largest absolute Gasteiger partial charge is 0.292 e. The van der Waals surface area contributed by atoms with Crippen molar-refractivity contribution < 1.29 is 23.6 Å². The lowest BCUT2D eigenvalue weighted by Crippen LogP contribution is -2.56. The normalized spacial score (nSPS) is 14.1. The van der Waals surface area contributed by atoms with Crippen LogP contribution in [0, 0.1) is 5.82 Å². The molecule has 0 bridgehead atoms. The fraction of sp³-hybridized carbons (Fsp3) is 0.200. The fourth-order valence-electron chi connectivity index (χ4n) is 2.88. The lowest BCUT2D eigenvalue weighted by molar-refractivity contribution is -0.162. The Balaban J connectivity index is 1.96. The molecule has 8 heteroatoms. The molecule has 2 aromatic rings. The van der Waals surface area contributed by atoms with Gasteiger partial charge in [0.05, 0.1) is 10.6 Å². The van der Waals surface area contributed by atoms with Crippen molar-refractivity contribution >= 4 is 35.1 Å². The highest BCUT2D eigenvalue weighted by Crippen LogP contribution is 2.22. The molecule has 0 N–H and O–H groups in total. The predicted molar refractivity (Wildman–Crippen MR) is 98.9 cm³/mol. The van der Waals surface area contributed by atoms with Crippen LogP contribution in [-0.2, 0) is 9.59 Å². The van der Waals surface area contributed by atoms with Gasteiger partial charge in [-0.05, 0) is 42.8 Å². The number of imide groups is 1. The fourth-order valence-corrected chi connectivity index (χ4v) is 3.10. The molecule has 144 valence electrons. The average Bonchev–Trinajstić information content (AvgIpc) is 2.67. The molecule has 0 saturated carbocycles. The number of hydrogen-bond donors (Lipinski definition) is 0. The minimum absolute atomic E-state index is 0.0576. The van der Waals surface area contributed by atoms with E-state index in [1.165, 1.54) is 24.3 Å². The maximum Gasteiger partial charge on any atom is 0.274 e. The number of ketones is 1. The van der Waals surface area contributed by atoms with Gasteiger partial charge in [-0.3, -0.25) is 19.2 Å². The summed E-state index contributed by atoms with van der Waals surface area (Å²) in [6, 6.07) is 10.9. The zero-order valence-electron chi connectivity index (χ0n) is 14.7. The Morgan fingerprint density at radius 3 is 2.21 bits per heavy atom. The van der Waals surface area contributed by atoms with Crippen LogP contribution in [0.5, 0.6) is 0 Å². The predicted octanol–water partition coefficient (Wildman–Crippen LogP) is 3.26. The van der Waals surface area contributed by atoms with Gasteiger partial charge in [-0.2, -0.15) is 5.01 Å². The Bertz CT molecular complexity index is 929. The monoisotopic (exact) mass is 402 g/mol. The summed E-state index contributed by atoms with van der Waals surface area (Å²) in [5.41, 5.74) is 0.206. The van der Waals surface area contributed by atoms with Crippen LogP contribution in [0.15, 0.2) is 48.5 Å². The third-order valence-corrected chi connectivity index (χ3v) is 4.62. The maximum atomic E-state index is 13.1. The zero-order chi connectivity index (χ0) is 20.3. The van der Waals surface area contributed by atoms with Crippen molar-refractivity contribution in [3.8, 4) is 0 Å². The smallest absolute Gasteiger partial charge is 0.274 e. The van der Waals surface area contributed by atoms with E-state index < -0.39 is 35.9 Å². The Kier molecular flexibility index (Phi) is 5.84. The van der Waals surface area contributed by atoms with Gasteiger partial charge in [-0.25, -0.2) is 9.40 Å². The summed E-state index contributed by atoms with van der Waals surface area (Å²) in [4.78, 5) is 50.4.